The molecule has 0 aromatic heterocycles. The minimum atomic E-state index is -3.31. The minimum Gasteiger partial charge on any atom is -0.372 e. The number of fused-ring (bicyclic) bond motifs is 2. The maximum atomic E-state index is 12.5. The highest BCUT2D eigenvalue weighted by atomic mass is 32.2. The van der Waals surface area contributed by atoms with Crippen LogP contribution in [0.3, 0.4) is 0 Å². The van der Waals surface area contributed by atoms with Crippen molar-refractivity contribution >= 4 is 10.2 Å². The Balaban J connectivity index is 1.48. The van der Waals surface area contributed by atoms with Crippen LogP contribution >= 0.6 is 0 Å². The van der Waals surface area contributed by atoms with Crippen molar-refractivity contribution in [2.75, 3.05) is 33.2 Å². The fourth-order valence-electron chi connectivity index (χ4n) is 2.97. The maximum absolute atomic E-state index is 12.5. The molecule has 2 aliphatic heterocycles. The van der Waals surface area contributed by atoms with Gasteiger partial charge in [0.05, 0.1) is 12.2 Å². The highest BCUT2D eigenvalue weighted by Gasteiger charge is 2.40. The zero-order chi connectivity index (χ0) is 14.2. The van der Waals surface area contributed by atoms with Crippen LogP contribution in [0, 0.1) is 0 Å². The molecule has 2 saturated heterocycles. The van der Waals surface area contributed by atoms with Gasteiger partial charge in [-0.2, -0.15) is 17.0 Å². The molecule has 0 aromatic carbocycles. The van der Waals surface area contributed by atoms with E-state index < -0.39 is 10.2 Å². The largest absolute Gasteiger partial charge is 0.372 e. The van der Waals surface area contributed by atoms with Crippen molar-refractivity contribution < 1.29 is 13.2 Å². The second-order valence-corrected chi connectivity index (χ2v) is 8.22. The van der Waals surface area contributed by atoms with Crippen LogP contribution in [-0.2, 0) is 14.9 Å². The van der Waals surface area contributed by atoms with Crippen LogP contribution in [-0.4, -0.2) is 68.5 Å². The van der Waals surface area contributed by atoms with Gasteiger partial charge in [-0.1, -0.05) is 0 Å². The summed E-state index contributed by atoms with van der Waals surface area (Å²) < 4.78 is 33.8. The second kappa shape index (κ2) is 5.88. The molecule has 0 radical (unpaired) electrons. The highest BCUT2D eigenvalue weighted by molar-refractivity contribution is 7.86. The first-order chi connectivity index (χ1) is 9.55. The number of hydrogen-bond donors (Lipinski definition) is 1. The molecule has 1 saturated carbocycles. The van der Waals surface area contributed by atoms with Gasteiger partial charge in [0.1, 0.15) is 0 Å². The molecule has 2 atom stereocenters. The fourth-order valence-corrected chi connectivity index (χ4v) is 4.44. The zero-order valence-electron chi connectivity index (χ0n) is 12.1. The molecule has 3 fully saturated rings. The van der Waals surface area contributed by atoms with Crippen LogP contribution in [0.15, 0.2) is 0 Å². The summed E-state index contributed by atoms with van der Waals surface area (Å²) in [5.74, 6) is 0. The summed E-state index contributed by atoms with van der Waals surface area (Å²) in [4.78, 5) is 0. The van der Waals surface area contributed by atoms with Gasteiger partial charge < -0.3 is 10.1 Å². The van der Waals surface area contributed by atoms with E-state index in [-0.39, 0.29) is 12.2 Å². The lowest BCUT2D eigenvalue weighted by Crippen LogP contribution is -2.50. The normalized spacial score (nSPS) is 31.1. The molecule has 6 nitrogen and oxygen atoms in total. The van der Waals surface area contributed by atoms with Gasteiger partial charge in [-0.05, 0) is 38.6 Å². The third-order valence-electron chi connectivity index (χ3n) is 4.39. The Morgan fingerprint density at radius 1 is 1.20 bits per heavy atom. The predicted molar refractivity (Wildman–Crippen MR) is 76.7 cm³/mol. The summed E-state index contributed by atoms with van der Waals surface area (Å²) in [5, 5.41) is 3.41. The quantitative estimate of drug-likeness (QED) is 0.681. The molecule has 0 aromatic rings. The molecule has 7 heteroatoms. The molecule has 116 valence electrons. The van der Waals surface area contributed by atoms with Crippen molar-refractivity contribution in [1.82, 2.24) is 13.9 Å². The molecule has 3 aliphatic rings. The van der Waals surface area contributed by atoms with Gasteiger partial charge in [0.25, 0.3) is 10.2 Å². The molecule has 20 heavy (non-hydrogen) atoms. The van der Waals surface area contributed by atoms with Crippen LogP contribution < -0.4 is 5.32 Å². The van der Waals surface area contributed by atoms with Gasteiger partial charge in [0.2, 0.25) is 0 Å². The first-order valence-corrected chi connectivity index (χ1v) is 9.05. The fraction of sp³-hybridized carbons (Fsp3) is 1.00. The summed E-state index contributed by atoms with van der Waals surface area (Å²) in [6.45, 7) is 2.51. The van der Waals surface area contributed by atoms with Gasteiger partial charge in [-0.25, -0.2) is 0 Å². The lowest BCUT2D eigenvalue weighted by Gasteiger charge is -2.33. The van der Waals surface area contributed by atoms with Crippen LogP contribution in [0.1, 0.15) is 32.1 Å². The van der Waals surface area contributed by atoms with Gasteiger partial charge in [0, 0.05) is 32.7 Å². The molecule has 2 unspecified atom stereocenters. The van der Waals surface area contributed by atoms with E-state index in [1.165, 1.54) is 17.1 Å². The molecular weight excluding hydrogens is 278 g/mol. The smallest absolute Gasteiger partial charge is 0.281 e. The summed E-state index contributed by atoms with van der Waals surface area (Å²) >= 11 is 0. The van der Waals surface area contributed by atoms with Gasteiger partial charge in [-0.3, -0.25) is 0 Å². The predicted octanol–water partition coefficient (Wildman–Crippen LogP) is 0.168. The molecule has 3 rings (SSSR count). The molecule has 0 spiro atoms. The molecular formula is C13H25N3O3S. The van der Waals surface area contributed by atoms with Crippen molar-refractivity contribution in [3.63, 3.8) is 0 Å². The summed E-state index contributed by atoms with van der Waals surface area (Å²) in [6.07, 6.45) is 5.60. The van der Waals surface area contributed by atoms with Crippen molar-refractivity contribution in [3.05, 3.63) is 0 Å². The second-order valence-electron chi connectivity index (χ2n) is 6.19. The van der Waals surface area contributed by atoms with Crippen LogP contribution in [0.25, 0.3) is 0 Å². The van der Waals surface area contributed by atoms with Gasteiger partial charge in [-0.15, -0.1) is 0 Å². The van der Waals surface area contributed by atoms with Crippen molar-refractivity contribution in [1.29, 1.82) is 0 Å². The Morgan fingerprint density at radius 2 is 1.85 bits per heavy atom. The molecule has 2 heterocycles. The van der Waals surface area contributed by atoms with Crippen molar-refractivity contribution in [2.45, 2.75) is 50.4 Å². The number of rotatable bonds is 7. The Bertz CT molecular complexity index is 426. The van der Waals surface area contributed by atoms with E-state index in [1.807, 2.05) is 0 Å². The lowest BCUT2D eigenvalue weighted by atomic mass is 10.2. The van der Waals surface area contributed by atoms with Crippen molar-refractivity contribution in [3.8, 4) is 0 Å². The monoisotopic (exact) mass is 303 g/mol. The summed E-state index contributed by atoms with van der Waals surface area (Å²) in [6, 6.07) is 0.687. The van der Waals surface area contributed by atoms with Gasteiger partial charge in [0.15, 0.2) is 0 Å². The topological polar surface area (TPSA) is 61.9 Å². The van der Waals surface area contributed by atoms with Crippen molar-refractivity contribution in [2.24, 2.45) is 0 Å². The summed E-state index contributed by atoms with van der Waals surface area (Å²) in [7, 11) is -1.63. The molecule has 2 bridgehead atoms. The third-order valence-corrected chi connectivity index (χ3v) is 6.31. The van der Waals surface area contributed by atoms with Crippen LogP contribution in [0.5, 0.6) is 0 Å². The lowest BCUT2D eigenvalue weighted by molar-refractivity contribution is -0.0129. The van der Waals surface area contributed by atoms with E-state index >= 15 is 0 Å². The zero-order valence-corrected chi connectivity index (χ0v) is 12.9. The minimum absolute atomic E-state index is 0.105. The van der Waals surface area contributed by atoms with E-state index in [2.05, 4.69) is 5.32 Å². The molecule has 1 N–H and O–H groups in total. The first-order valence-electron chi connectivity index (χ1n) is 7.66. The Labute approximate surface area is 121 Å². The third kappa shape index (κ3) is 3.33. The van der Waals surface area contributed by atoms with E-state index in [1.54, 1.807) is 11.4 Å². The molecule has 0 amide bonds. The van der Waals surface area contributed by atoms with E-state index in [9.17, 15) is 8.42 Å². The average Bonchev–Trinajstić information content (AvgIpc) is 3.19. The first kappa shape index (κ1) is 14.7. The van der Waals surface area contributed by atoms with E-state index in [0.29, 0.717) is 25.7 Å². The van der Waals surface area contributed by atoms with Crippen LogP contribution in [0.2, 0.25) is 0 Å². The molecule has 1 aliphatic carbocycles. The number of nitrogens with one attached hydrogen (secondary N) is 1. The summed E-state index contributed by atoms with van der Waals surface area (Å²) in [5.41, 5.74) is 0. The van der Waals surface area contributed by atoms with E-state index in [0.717, 1.165) is 25.8 Å². The standard InChI is InChI=1S/C13H25N3O3S/c1-15(8-2-7-14-11-3-4-11)20(17,18)16-9-12-5-6-13(10-16)19-12/h11-14H,2-10H2,1H3. The van der Waals surface area contributed by atoms with E-state index in [4.69, 9.17) is 4.74 Å². The SMILES string of the molecule is CN(CCCNC1CC1)S(=O)(=O)N1CC2CCC(C1)O2. The Kier molecular flexibility index (Phi) is 4.33. The Hall–Kier alpha value is -0.210. The number of nitrogens with zero attached hydrogens (tertiary/aromatic N) is 2. The maximum Gasteiger partial charge on any atom is 0.281 e. The highest BCUT2D eigenvalue weighted by Crippen LogP contribution is 2.28. The Morgan fingerprint density at radius 3 is 2.45 bits per heavy atom. The average molecular weight is 303 g/mol. The number of morpholine rings is 1. The number of ether oxygens (including phenoxy) is 1. The number of hydrogen-bond acceptors (Lipinski definition) is 4. The van der Waals surface area contributed by atoms with Crippen LogP contribution in [0.4, 0.5) is 0 Å². The van der Waals surface area contributed by atoms with Gasteiger partial charge >= 0.3 is 0 Å².